The molecule has 1 N–H and O–H groups in total. The zero-order valence-electron chi connectivity index (χ0n) is 12.7. The first-order chi connectivity index (χ1) is 9.72. The predicted molar refractivity (Wildman–Crippen MR) is 83.0 cm³/mol. The molecule has 110 valence electrons. The summed E-state index contributed by atoms with van der Waals surface area (Å²) in [6.45, 7) is 3.99. The van der Waals surface area contributed by atoms with Gasteiger partial charge in [0.1, 0.15) is 0 Å². The normalized spacial score (nSPS) is 16.7. The van der Waals surface area contributed by atoms with Crippen LogP contribution in [0.4, 0.5) is 0 Å². The first-order valence-electron chi connectivity index (χ1n) is 7.77. The van der Waals surface area contributed by atoms with Crippen molar-refractivity contribution in [1.82, 2.24) is 10.2 Å². The third-order valence-electron chi connectivity index (χ3n) is 4.22. The highest BCUT2D eigenvalue weighted by atomic mass is 16.2. The molecule has 2 rings (SSSR count). The van der Waals surface area contributed by atoms with E-state index in [2.05, 4.69) is 18.3 Å². The van der Waals surface area contributed by atoms with Crippen LogP contribution < -0.4 is 5.32 Å². The Bertz CT molecular complexity index is 444. The Morgan fingerprint density at radius 2 is 2.10 bits per heavy atom. The maximum absolute atomic E-state index is 12.5. The fourth-order valence-electron chi connectivity index (χ4n) is 2.79. The Labute approximate surface area is 122 Å². The Balaban J connectivity index is 1.88. The van der Waals surface area contributed by atoms with E-state index < -0.39 is 0 Å². The van der Waals surface area contributed by atoms with E-state index in [1.54, 1.807) is 0 Å². The van der Waals surface area contributed by atoms with Gasteiger partial charge in [-0.3, -0.25) is 4.79 Å². The average Bonchev–Trinajstić information content (AvgIpc) is 2.63. The SMILES string of the molecule is CNC(C)CCCCN1CCCc2ccccc2C1=O. The molecule has 0 aliphatic carbocycles. The monoisotopic (exact) mass is 274 g/mol. The molecular formula is C17H26N2O. The summed E-state index contributed by atoms with van der Waals surface area (Å²) in [6, 6.07) is 8.62. The number of hydrogen-bond donors (Lipinski definition) is 1. The van der Waals surface area contributed by atoms with Crippen LogP contribution in [-0.4, -0.2) is 37.0 Å². The van der Waals surface area contributed by atoms with Gasteiger partial charge < -0.3 is 10.2 Å². The summed E-state index contributed by atoms with van der Waals surface area (Å²) in [5, 5.41) is 3.25. The molecule has 0 spiro atoms. The first kappa shape index (κ1) is 15.0. The third kappa shape index (κ3) is 3.83. The van der Waals surface area contributed by atoms with Crippen LogP contribution in [0.3, 0.4) is 0 Å². The first-order valence-corrected chi connectivity index (χ1v) is 7.77. The molecule has 1 aromatic carbocycles. The third-order valence-corrected chi connectivity index (χ3v) is 4.22. The fourth-order valence-corrected chi connectivity index (χ4v) is 2.79. The number of benzene rings is 1. The molecule has 1 heterocycles. The van der Waals surface area contributed by atoms with E-state index in [0.29, 0.717) is 6.04 Å². The molecule has 1 aliphatic rings. The van der Waals surface area contributed by atoms with Gasteiger partial charge in [0, 0.05) is 24.7 Å². The van der Waals surface area contributed by atoms with Gasteiger partial charge in [0.2, 0.25) is 0 Å². The summed E-state index contributed by atoms with van der Waals surface area (Å²) < 4.78 is 0. The molecule has 3 heteroatoms. The number of amides is 1. The van der Waals surface area contributed by atoms with Gasteiger partial charge in [-0.05, 0) is 51.3 Å². The number of carbonyl (C=O) groups excluding carboxylic acids is 1. The van der Waals surface area contributed by atoms with E-state index in [0.717, 1.165) is 37.9 Å². The predicted octanol–water partition coefficient (Wildman–Crippen LogP) is 2.85. The van der Waals surface area contributed by atoms with E-state index in [-0.39, 0.29) is 5.91 Å². The van der Waals surface area contributed by atoms with Crippen LogP contribution in [0.2, 0.25) is 0 Å². The van der Waals surface area contributed by atoms with Gasteiger partial charge in [-0.25, -0.2) is 0 Å². The van der Waals surface area contributed by atoms with Crippen LogP contribution in [0.1, 0.15) is 48.5 Å². The van der Waals surface area contributed by atoms with Crippen LogP contribution in [0.5, 0.6) is 0 Å². The van der Waals surface area contributed by atoms with Crippen molar-refractivity contribution in [3.63, 3.8) is 0 Å². The number of aryl methyl sites for hydroxylation is 1. The van der Waals surface area contributed by atoms with Crippen molar-refractivity contribution in [3.8, 4) is 0 Å². The topological polar surface area (TPSA) is 32.3 Å². The standard InChI is InChI=1S/C17H26N2O/c1-14(18-2)8-5-6-12-19-13-7-10-15-9-3-4-11-16(15)17(19)20/h3-4,9,11,14,18H,5-8,10,12-13H2,1-2H3. The Kier molecular flexibility index (Phi) is 5.60. The van der Waals surface area contributed by atoms with Gasteiger partial charge in [-0.15, -0.1) is 0 Å². The molecule has 0 saturated carbocycles. The summed E-state index contributed by atoms with van der Waals surface area (Å²) in [5.74, 6) is 0.222. The van der Waals surface area contributed by atoms with Crippen molar-refractivity contribution >= 4 is 5.91 Å². The minimum atomic E-state index is 0.222. The molecule has 0 fully saturated rings. The number of hydrogen-bond acceptors (Lipinski definition) is 2. The van der Waals surface area contributed by atoms with Gasteiger partial charge in [-0.2, -0.15) is 0 Å². The highest BCUT2D eigenvalue weighted by Gasteiger charge is 2.21. The van der Waals surface area contributed by atoms with Crippen molar-refractivity contribution < 1.29 is 4.79 Å². The van der Waals surface area contributed by atoms with Crippen molar-refractivity contribution in [2.45, 2.75) is 45.1 Å². The lowest BCUT2D eigenvalue weighted by atomic mass is 10.0. The van der Waals surface area contributed by atoms with Crippen molar-refractivity contribution in [2.24, 2.45) is 0 Å². The molecule has 1 aliphatic heterocycles. The maximum atomic E-state index is 12.5. The molecule has 3 nitrogen and oxygen atoms in total. The van der Waals surface area contributed by atoms with Gasteiger partial charge in [0.15, 0.2) is 0 Å². The van der Waals surface area contributed by atoms with Gasteiger partial charge >= 0.3 is 0 Å². The molecule has 1 aromatic rings. The molecule has 0 radical (unpaired) electrons. The lowest BCUT2D eigenvalue weighted by Crippen LogP contribution is -2.32. The zero-order valence-corrected chi connectivity index (χ0v) is 12.7. The van der Waals surface area contributed by atoms with Crippen molar-refractivity contribution in [2.75, 3.05) is 20.1 Å². The summed E-state index contributed by atoms with van der Waals surface area (Å²) in [6.07, 6.45) is 5.55. The second kappa shape index (κ2) is 7.44. The zero-order chi connectivity index (χ0) is 14.4. The molecule has 0 bridgehead atoms. The van der Waals surface area contributed by atoms with Crippen LogP contribution in [0, 0.1) is 0 Å². The molecule has 0 aromatic heterocycles. The lowest BCUT2D eigenvalue weighted by molar-refractivity contribution is 0.0758. The smallest absolute Gasteiger partial charge is 0.254 e. The Hall–Kier alpha value is -1.35. The van der Waals surface area contributed by atoms with Crippen molar-refractivity contribution in [3.05, 3.63) is 35.4 Å². The Morgan fingerprint density at radius 3 is 2.90 bits per heavy atom. The summed E-state index contributed by atoms with van der Waals surface area (Å²) in [4.78, 5) is 14.6. The van der Waals surface area contributed by atoms with E-state index in [1.807, 2.05) is 30.1 Å². The number of fused-ring (bicyclic) bond motifs is 1. The van der Waals surface area contributed by atoms with Crippen LogP contribution in [0.25, 0.3) is 0 Å². The van der Waals surface area contributed by atoms with Crippen LogP contribution in [-0.2, 0) is 6.42 Å². The molecule has 0 saturated heterocycles. The number of rotatable bonds is 6. The van der Waals surface area contributed by atoms with E-state index in [4.69, 9.17) is 0 Å². The van der Waals surface area contributed by atoms with Crippen LogP contribution >= 0.6 is 0 Å². The summed E-state index contributed by atoms with van der Waals surface area (Å²) in [5.41, 5.74) is 2.12. The van der Waals surface area contributed by atoms with Crippen LogP contribution in [0.15, 0.2) is 24.3 Å². The second-order valence-corrected chi connectivity index (χ2v) is 5.74. The van der Waals surface area contributed by atoms with Gasteiger partial charge in [0.25, 0.3) is 5.91 Å². The van der Waals surface area contributed by atoms with E-state index >= 15 is 0 Å². The summed E-state index contributed by atoms with van der Waals surface area (Å²) >= 11 is 0. The molecule has 1 atom stereocenters. The lowest BCUT2D eigenvalue weighted by Gasteiger charge is -2.21. The van der Waals surface area contributed by atoms with Gasteiger partial charge in [-0.1, -0.05) is 24.6 Å². The highest BCUT2D eigenvalue weighted by molar-refractivity contribution is 5.96. The minimum absolute atomic E-state index is 0.222. The number of unbranched alkanes of at least 4 members (excludes halogenated alkanes) is 1. The molecule has 1 amide bonds. The molecule has 20 heavy (non-hydrogen) atoms. The summed E-state index contributed by atoms with van der Waals surface area (Å²) in [7, 11) is 2.00. The van der Waals surface area contributed by atoms with Crippen molar-refractivity contribution in [1.29, 1.82) is 0 Å². The number of nitrogens with one attached hydrogen (secondary N) is 1. The molecular weight excluding hydrogens is 248 g/mol. The quantitative estimate of drug-likeness (QED) is 0.809. The van der Waals surface area contributed by atoms with Gasteiger partial charge in [0.05, 0.1) is 0 Å². The fraction of sp³-hybridized carbons (Fsp3) is 0.588. The van der Waals surface area contributed by atoms with E-state index in [9.17, 15) is 4.79 Å². The largest absolute Gasteiger partial charge is 0.339 e. The second-order valence-electron chi connectivity index (χ2n) is 5.74. The Morgan fingerprint density at radius 1 is 1.30 bits per heavy atom. The average molecular weight is 274 g/mol. The number of nitrogens with zero attached hydrogens (tertiary/aromatic N) is 1. The molecule has 1 unspecified atom stereocenters. The minimum Gasteiger partial charge on any atom is -0.339 e. The highest BCUT2D eigenvalue weighted by Crippen LogP contribution is 2.19. The van der Waals surface area contributed by atoms with E-state index in [1.165, 1.54) is 18.4 Å². The maximum Gasteiger partial charge on any atom is 0.254 e. The number of carbonyl (C=O) groups is 1.